The molecule has 5 nitrogen and oxygen atoms in total. The van der Waals surface area contributed by atoms with Gasteiger partial charge in [-0.3, -0.25) is 10.1 Å². The molecule has 1 aliphatic heterocycles. The number of H-pyrrole nitrogens is 1. The normalized spacial score (nSPS) is 16.9. The van der Waals surface area contributed by atoms with E-state index in [4.69, 9.17) is 0 Å². The first-order valence-corrected chi connectivity index (χ1v) is 11.3. The van der Waals surface area contributed by atoms with Gasteiger partial charge in [-0.1, -0.05) is 76.2 Å². The van der Waals surface area contributed by atoms with Gasteiger partial charge in [0.2, 0.25) is 0 Å². The number of nitrogens with one attached hydrogen (secondary N) is 1. The van der Waals surface area contributed by atoms with Crippen LogP contribution in [0.3, 0.4) is 0 Å². The topological polar surface area (TPSA) is 71.3 Å². The number of nitro groups is 1. The van der Waals surface area contributed by atoms with Crippen molar-refractivity contribution in [2.24, 2.45) is 4.99 Å². The zero-order valence-electron chi connectivity index (χ0n) is 17.0. The van der Waals surface area contributed by atoms with E-state index >= 15 is 0 Å². The molecule has 0 fully saturated rings. The summed E-state index contributed by atoms with van der Waals surface area (Å²) in [5.74, 6) is 0. The number of thioether (sulfide) groups is 1. The molecular formula is C24H20BrN3O2S. The van der Waals surface area contributed by atoms with E-state index in [-0.39, 0.29) is 10.6 Å². The molecule has 0 spiro atoms. The van der Waals surface area contributed by atoms with E-state index in [0.29, 0.717) is 4.90 Å². The molecule has 4 aromatic rings. The molecule has 1 unspecified atom stereocenters. The Labute approximate surface area is 192 Å². The van der Waals surface area contributed by atoms with Gasteiger partial charge in [-0.25, -0.2) is 4.99 Å². The maximum absolute atomic E-state index is 11.1. The lowest BCUT2D eigenvalue weighted by Gasteiger charge is -2.19. The van der Waals surface area contributed by atoms with E-state index in [1.165, 1.54) is 34.3 Å². The average Bonchev–Trinajstić information content (AvgIpc) is 3.26. The number of alkyl halides is 1. The Kier molecular flexibility index (Phi) is 5.98. The van der Waals surface area contributed by atoms with Crippen LogP contribution in [0, 0.1) is 17.0 Å². The SMILES string of the molecule is CC1(Br)C(Sc2ccccc2[N+](=O)[O-])=Nc2ccccc21.Cc1c[nH]c2ccccc12. The minimum absolute atomic E-state index is 0.101. The molecule has 31 heavy (non-hydrogen) atoms. The Morgan fingerprint density at radius 2 is 1.71 bits per heavy atom. The van der Waals surface area contributed by atoms with Gasteiger partial charge < -0.3 is 4.98 Å². The predicted molar refractivity (Wildman–Crippen MR) is 132 cm³/mol. The second-order valence-electron chi connectivity index (χ2n) is 7.28. The zero-order chi connectivity index (χ0) is 22.0. The zero-order valence-corrected chi connectivity index (χ0v) is 19.4. The molecule has 1 atom stereocenters. The number of nitrogens with zero attached hydrogens (tertiary/aromatic N) is 2. The number of para-hydroxylation sites is 3. The van der Waals surface area contributed by atoms with Gasteiger partial charge in [0.25, 0.3) is 5.69 Å². The second kappa shape index (κ2) is 8.69. The summed E-state index contributed by atoms with van der Waals surface area (Å²) in [5, 5.41) is 13.2. The van der Waals surface area contributed by atoms with Crippen LogP contribution >= 0.6 is 27.7 Å². The number of aromatic nitrogens is 1. The van der Waals surface area contributed by atoms with Crippen LogP contribution in [0.15, 0.2) is 88.9 Å². The van der Waals surface area contributed by atoms with Crippen molar-refractivity contribution < 1.29 is 4.92 Å². The van der Waals surface area contributed by atoms with Gasteiger partial charge in [-0.2, -0.15) is 0 Å². The van der Waals surface area contributed by atoms with Crippen LogP contribution in [0.2, 0.25) is 0 Å². The van der Waals surface area contributed by atoms with Gasteiger partial charge in [0.05, 0.1) is 24.9 Å². The Bertz CT molecular complexity index is 1300. The van der Waals surface area contributed by atoms with Crippen molar-refractivity contribution in [3.63, 3.8) is 0 Å². The number of rotatable bonds is 2. The summed E-state index contributed by atoms with van der Waals surface area (Å²) in [5.41, 5.74) is 4.61. The summed E-state index contributed by atoms with van der Waals surface area (Å²) in [7, 11) is 0. The Balaban J connectivity index is 0.000000192. The third kappa shape index (κ3) is 4.29. The molecule has 2 heterocycles. The van der Waals surface area contributed by atoms with Gasteiger partial charge in [-0.15, -0.1) is 0 Å². The van der Waals surface area contributed by atoms with E-state index in [1.54, 1.807) is 18.2 Å². The third-order valence-electron chi connectivity index (χ3n) is 5.10. The summed E-state index contributed by atoms with van der Waals surface area (Å²) in [6, 6.07) is 22.9. The quantitative estimate of drug-likeness (QED) is 0.178. The number of aryl methyl sites for hydroxylation is 1. The van der Waals surface area contributed by atoms with Crippen LogP contribution in [0.4, 0.5) is 11.4 Å². The molecule has 0 aliphatic carbocycles. The molecule has 0 amide bonds. The maximum atomic E-state index is 11.1. The molecule has 0 saturated heterocycles. The lowest BCUT2D eigenvalue weighted by Crippen LogP contribution is -2.18. The first-order chi connectivity index (χ1) is 14.9. The van der Waals surface area contributed by atoms with Gasteiger partial charge in [-0.05, 0) is 37.6 Å². The van der Waals surface area contributed by atoms with E-state index in [0.717, 1.165) is 16.3 Å². The minimum Gasteiger partial charge on any atom is -0.361 e. The molecule has 1 aromatic heterocycles. The number of benzene rings is 3. The number of hydrogen-bond donors (Lipinski definition) is 1. The highest BCUT2D eigenvalue weighted by Crippen LogP contribution is 2.49. The van der Waals surface area contributed by atoms with Gasteiger partial charge in [0.15, 0.2) is 0 Å². The number of hydrogen-bond acceptors (Lipinski definition) is 4. The monoisotopic (exact) mass is 493 g/mol. The summed E-state index contributed by atoms with van der Waals surface area (Å²) < 4.78 is -0.419. The van der Waals surface area contributed by atoms with Crippen LogP contribution in [0.1, 0.15) is 18.1 Å². The molecule has 3 aromatic carbocycles. The molecule has 0 bridgehead atoms. The van der Waals surface area contributed by atoms with Crippen molar-refractivity contribution >= 4 is 55.0 Å². The van der Waals surface area contributed by atoms with Crippen LogP contribution < -0.4 is 0 Å². The highest BCUT2D eigenvalue weighted by molar-refractivity contribution is 9.10. The van der Waals surface area contributed by atoms with Crippen LogP contribution in [-0.2, 0) is 4.32 Å². The van der Waals surface area contributed by atoms with E-state index < -0.39 is 4.32 Å². The summed E-state index contributed by atoms with van der Waals surface area (Å²) in [4.78, 5) is 19.1. The fourth-order valence-electron chi connectivity index (χ4n) is 3.43. The van der Waals surface area contributed by atoms with Crippen molar-refractivity contribution in [1.82, 2.24) is 4.98 Å². The Morgan fingerprint density at radius 1 is 1.03 bits per heavy atom. The third-order valence-corrected chi connectivity index (χ3v) is 7.42. The summed E-state index contributed by atoms with van der Waals surface area (Å²) >= 11 is 5.04. The molecule has 1 N–H and O–H groups in total. The Hall–Kier alpha value is -2.90. The molecule has 156 valence electrons. The van der Waals surface area contributed by atoms with E-state index in [2.05, 4.69) is 51.0 Å². The van der Waals surface area contributed by atoms with Crippen molar-refractivity contribution in [1.29, 1.82) is 0 Å². The summed E-state index contributed by atoms with van der Waals surface area (Å²) in [6.07, 6.45) is 2.03. The van der Waals surface area contributed by atoms with Gasteiger partial charge in [0.1, 0.15) is 0 Å². The second-order valence-corrected chi connectivity index (χ2v) is 9.90. The van der Waals surface area contributed by atoms with Crippen molar-refractivity contribution in [3.8, 4) is 0 Å². The largest absolute Gasteiger partial charge is 0.361 e. The highest BCUT2D eigenvalue weighted by atomic mass is 79.9. The number of aliphatic imine (C=N–C) groups is 1. The minimum atomic E-state index is -0.419. The molecular weight excluding hydrogens is 474 g/mol. The molecule has 7 heteroatoms. The maximum Gasteiger partial charge on any atom is 0.283 e. The standard InChI is InChI=1S/C15H11BrN2O2S.C9H9N/c1-15(16)10-6-2-3-7-11(10)17-14(15)21-13-9-5-4-8-12(13)18(19)20;1-7-6-10-9-5-3-2-4-8(7)9/h2-9H,1H3;2-6,10H,1H3. The van der Waals surface area contributed by atoms with Crippen molar-refractivity contribution in [2.75, 3.05) is 0 Å². The van der Waals surface area contributed by atoms with E-state index in [9.17, 15) is 10.1 Å². The van der Waals surface area contributed by atoms with Crippen LogP contribution in [0.5, 0.6) is 0 Å². The number of fused-ring (bicyclic) bond motifs is 2. The van der Waals surface area contributed by atoms with Crippen LogP contribution in [-0.4, -0.2) is 15.0 Å². The smallest absolute Gasteiger partial charge is 0.283 e. The molecule has 0 saturated carbocycles. The number of aromatic amines is 1. The molecule has 5 rings (SSSR count). The van der Waals surface area contributed by atoms with Gasteiger partial charge >= 0.3 is 0 Å². The fourth-order valence-corrected chi connectivity index (χ4v) is 5.15. The fraction of sp³-hybridized carbons (Fsp3) is 0.125. The molecule has 0 radical (unpaired) electrons. The lowest BCUT2D eigenvalue weighted by atomic mass is 10.0. The lowest BCUT2D eigenvalue weighted by molar-refractivity contribution is -0.387. The highest BCUT2D eigenvalue weighted by Gasteiger charge is 2.38. The first-order valence-electron chi connectivity index (χ1n) is 9.69. The summed E-state index contributed by atoms with van der Waals surface area (Å²) in [6.45, 7) is 4.12. The Morgan fingerprint density at radius 3 is 2.45 bits per heavy atom. The number of halogens is 1. The van der Waals surface area contributed by atoms with Crippen LogP contribution in [0.25, 0.3) is 10.9 Å². The van der Waals surface area contributed by atoms with Crippen molar-refractivity contribution in [2.45, 2.75) is 23.1 Å². The van der Waals surface area contributed by atoms with Gasteiger partial charge in [0, 0.05) is 28.7 Å². The molecule has 1 aliphatic rings. The predicted octanol–water partition coefficient (Wildman–Crippen LogP) is 7.52. The van der Waals surface area contributed by atoms with Crippen molar-refractivity contribution in [3.05, 3.63) is 100 Å². The first kappa shape index (κ1) is 21.3. The van der Waals surface area contributed by atoms with E-state index in [1.807, 2.05) is 43.5 Å². The number of nitro benzene ring substituents is 1. The average molecular weight is 494 g/mol.